The van der Waals surface area contributed by atoms with Gasteiger partial charge in [-0.1, -0.05) is 12.1 Å². The van der Waals surface area contributed by atoms with Crippen molar-refractivity contribution in [2.45, 2.75) is 12.5 Å². The summed E-state index contributed by atoms with van der Waals surface area (Å²) in [7, 11) is -2.99. The first-order valence-corrected chi connectivity index (χ1v) is 8.75. The molecule has 2 aromatic rings. The van der Waals surface area contributed by atoms with E-state index in [1.165, 1.54) is 6.08 Å². The van der Waals surface area contributed by atoms with Crippen LogP contribution in [-0.2, 0) is 14.6 Å². The number of para-hydroxylation sites is 2. The van der Waals surface area contributed by atoms with Gasteiger partial charge in [-0.3, -0.25) is 9.78 Å². The summed E-state index contributed by atoms with van der Waals surface area (Å²) < 4.78 is 22.7. The fourth-order valence-electron chi connectivity index (χ4n) is 2.37. The molecule has 114 valence electrons. The summed E-state index contributed by atoms with van der Waals surface area (Å²) in [5.41, 5.74) is 2.13. The molecule has 1 aliphatic rings. The third kappa shape index (κ3) is 3.48. The molecule has 0 saturated carbocycles. The Labute approximate surface area is 128 Å². The van der Waals surface area contributed by atoms with Gasteiger partial charge in [-0.2, -0.15) is 0 Å². The SMILES string of the molecule is O=C(/C=C/c1cnc2ccccc2n1)N[C@@H]1CCS(=O)(=O)C1. The van der Waals surface area contributed by atoms with Crippen molar-refractivity contribution in [3.63, 3.8) is 0 Å². The molecular formula is C15H15N3O3S. The van der Waals surface area contributed by atoms with E-state index >= 15 is 0 Å². The van der Waals surface area contributed by atoms with Crippen LogP contribution in [0.5, 0.6) is 0 Å². The van der Waals surface area contributed by atoms with Gasteiger partial charge in [0.15, 0.2) is 9.84 Å². The number of sulfone groups is 1. The van der Waals surface area contributed by atoms with Crippen LogP contribution in [0.1, 0.15) is 12.1 Å². The predicted molar refractivity (Wildman–Crippen MR) is 83.8 cm³/mol. The van der Waals surface area contributed by atoms with Crippen LogP contribution in [0, 0.1) is 0 Å². The largest absolute Gasteiger partial charge is 0.349 e. The normalized spacial score (nSPS) is 20.5. The molecule has 7 heteroatoms. The Balaban J connectivity index is 1.66. The van der Waals surface area contributed by atoms with E-state index in [1.807, 2.05) is 24.3 Å². The number of carbonyl (C=O) groups is 1. The average molecular weight is 317 g/mol. The second kappa shape index (κ2) is 5.84. The van der Waals surface area contributed by atoms with Gasteiger partial charge < -0.3 is 5.32 Å². The maximum Gasteiger partial charge on any atom is 0.244 e. The van der Waals surface area contributed by atoms with Crippen molar-refractivity contribution in [2.75, 3.05) is 11.5 Å². The highest BCUT2D eigenvalue weighted by Crippen LogP contribution is 2.12. The highest BCUT2D eigenvalue weighted by molar-refractivity contribution is 7.91. The minimum atomic E-state index is -2.99. The minimum absolute atomic E-state index is 0.0162. The first-order chi connectivity index (χ1) is 10.5. The van der Waals surface area contributed by atoms with Crippen molar-refractivity contribution in [1.29, 1.82) is 0 Å². The van der Waals surface area contributed by atoms with Crippen LogP contribution in [0.25, 0.3) is 17.1 Å². The number of carbonyl (C=O) groups excluding carboxylic acids is 1. The van der Waals surface area contributed by atoms with Gasteiger partial charge in [0.2, 0.25) is 5.91 Å². The van der Waals surface area contributed by atoms with Crippen LogP contribution in [0.4, 0.5) is 0 Å². The van der Waals surface area contributed by atoms with Gasteiger partial charge in [0.05, 0.1) is 34.4 Å². The Hall–Kier alpha value is -2.28. The molecule has 0 bridgehead atoms. The lowest BCUT2D eigenvalue weighted by Crippen LogP contribution is -2.34. The fraction of sp³-hybridized carbons (Fsp3) is 0.267. The summed E-state index contributed by atoms with van der Waals surface area (Å²) in [6.45, 7) is 0. The molecule has 6 nitrogen and oxygen atoms in total. The Bertz CT molecular complexity index is 846. The molecule has 0 unspecified atom stereocenters. The summed E-state index contributed by atoms with van der Waals surface area (Å²) in [4.78, 5) is 20.4. The zero-order valence-electron chi connectivity index (χ0n) is 11.8. The fourth-order valence-corrected chi connectivity index (χ4v) is 4.04. The summed E-state index contributed by atoms with van der Waals surface area (Å²) in [5.74, 6) is -0.169. The molecule has 1 N–H and O–H groups in total. The Morgan fingerprint density at radius 2 is 2.05 bits per heavy atom. The number of nitrogens with one attached hydrogen (secondary N) is 1. The number of rotatable bonds is 3. The Morgan fingerprint density at radius 1 is 1.27 bits per heavy atom. The third-order valence-corrected chi connectivity index (χ3v) is 5.22. The number of aromatic nitrogens is 2. The lowest BCUT2D eigenvalue weighted by atomic mass is 10.2. The summed E-state index contributed by atoms with van der Waals surface area (Å²) in [6, 6.07) is 7.17. The van der Waals surface area contributed by atoms with E-state index in [2.05, 4.69) is 15.3 Å². The van der Waals surface area contributed by atoms with Gasteiger partial charge in [-0.25, -0.2) is 13.4 Å². The van der Waals surface area contributed by atoms with E-state index in [9.17, 15) is 13.2 Å². The van der Waals surface area contributed by atoms with Crippen LogP contribution in [0.15, 0.2) is 36.5 Å². The topological polar surface area (TPSA) is 89.0 Å². The standard InChI is InChI=1S/C15H15N3O3S/c19-15(18-12-7-8-22(20,21)10-12)6-5-11-9-16-13-3-1-2-4-14(13)17-11/h1-6,9,12H,7-8,10H2,(H,18,19)/b6-5+/t12-/m1/s1. The average Bonchev–Trinajstić information content (AvgIpc) is 2.84. The van der Waals surface area contributed by atoms with Crippen molar-refractivity contribution < 1.29 is 13.2 Å². The molecule has 1 fully saturated rings. The second-order valence-electron chi connectivity index (χ2n) is 5.23. The molecule has 1 atom stereocenters. The number of amides is 1. The molecule has 1 amide bonds. The van der Waals surface area contributed by atoms with Gasteiger partial charge in [0.1, 0.15) is 0 Å². The second-order valence-corrected chi connectivity index (χ2v) is 7.45. The molecule has 22 heavy (non-hydrogen) atoms. The summed E-state index contributed by atoms with van der Waals surface area (Å²) in [5, 5.41) is 2.69. The number of hydrogen-bond acceptors (Lipinski definition) is 5. The van der Waals surface area contributed by atoms with E-state index in [-0.39, 0.29) is 23.5 Å². The van der Waals surface area contributed by atoms with E-state index in [1.54, 1.807) is 12.3 Å². The number of benzene rings is 1. The molecular weight excluding hydrogens is 302 g/mol. The van der Waals surface area contributed by atoms with Gasteiger partial charge in [0.25, 0.3) is 0 Å². The van der Waals surface area contributed by atoms with Crippen molar-refractivity contribution in [1.82, 2.24) is 15.3 Å². The van der Waals surface area contributed by atoms with Crippen LogP contribution in [0.2, 0.25) is 0 Å². The summed E-state index contributed by atoms with van der Waals surface area (Å²) >= 11 is 0. The van der Waals surface area contributed by atoms with Gasteiger partial charge in [0, 0.05) is 12.1 Å². The zero-order chi connectivity index (χ0) is 15.6. The molecule has 1 aliphatic heterocycles. The van der Waals surface area contributed by atoms with E-state index in [4.69, 9.17) is 0 Å². The highest BCUT2D eigenvalue weighted by Gasteiger charge is 2.28. The monoisotopic (exact) mass is 317 g/mol. The minimum Gasteiger partial charge on any atom is -0.349 e. The smallest absolute Gasteiger partial charge is 0.244 e. The first kappa shape index (κ1) is 14.6. The molecule has 0 radical (unpaired) electrons. The lowest BCUT2D eigenvalue weighted by Gasteiger charge is -2.07. The predicted octanol–water partition coefficient (Wildman–Crippen LogP) is 0.946. The molecule has 1 saturated heterocycles. The number of fused-ring (bicyclic) bond motifs is 1. The molecule has 2 heterocycles. The van der Waals surface area contributed by atoms with E-state index < -0.39 is 9.84 Å². The molecule has 0 aliphatic carbocycles. The quantitative estimate of drug-likeness (QED) is 0.851. The molecule has 1 aromatic carbocycles. The Kier molecular flexibility index (Phi) is 3.89. The van der Waals surface area contributed by atoms with Crippen molar-refractivity contribution >= 4 is 32.9 Å². The van der Waals surface area contributed by atoms with Gasteiger partial charge in [-0.05, 0) is 24.6 Å². The van der Waals surface area contributed by atoms with E-state index in [0.29, 0.717) is 12.1 Å². The van der Waals surface area contributed by atoms with Crippen LogP contribution in [0.3, 0.4) is 0 Å². The van der Waals surface area contributed by atoms with E-state index in [0.717, 1.165) is 11.0 Å². The third-order valence-electron chi connectivity index (χ3n) is 3.45. The van der Waals surface area contributed by atoms with Gasteiger partial charge in [-0.15, -0.1) is 0 Å². The maximum atomic E-state index is 11.8. The lowest BCUT2D eigenvalue weighted by molar-refractivity contribution is -0.116. The molecule has 0 spiro atoms. The molecule has 3 rings (SSSR count). The van der Waals surface area contributed by atoms with Crippen LogP contribution >= 0.6 is 0 Å². The molecule has 1 aromatic heterocycles. The highest BCUT2D eigenvalue weighted by atomic mass is 32.2. The first-order valence-electron chi connectivity index (χ1n) is 6.93. The zero-order valence-corrected chi connectivity index (χ0v) is 12.6. The van der Waals surface area contributed by atoms with Crippen molar-refractivity contribution in [3.8, 4) is 0 Å². The maximum absolute atomic E-state index is 11.8. The van der Waals surface area contributed by atoms with Crippen molar-refractivity contribution in [2.24, 2.45) is 0 Å². The number of nitrogens with zero attached hydrogens (tertiary/aromatic N) is 2. The summed E-state index contributed by atoms with van der Waals surface area (Å²) in [6.07, 6.45) is 4.98. The van der Waals surface area contributed by atoms with Crippen molar-refractivity contribution in [3.05, 3.63) is 42.2 Å². The van der Waals surface area contributed by atoms with Crippen LogP contribution in [-0.4, -0.2) is 41.8 Å². The Morgan fingerprint density at radius 3 is 2.77 bits per heavy atom. The van der Waals surface area contributed by atoms with Crippen LogP contribution < -0.4 is 5.32 Å². The number of hydrogen-bond donors (Lipinski definition) is 1. The van der Waals surface area contributed by atoms with Gasteiger partial charge >= 0.3 is 0 Å².